The summed E-state index contributed by atoms with van der Waals surface area (Å²) in [5, 5.41) is 8.84. The van der Waals surface area contributed by atoms with E-state index in [4.69, 9.17) is 0 Å². The van der Waals surface area contributed by atoms with Gasteiger partial charge in [-0.3, -0.25) is 14.5 Å². The lowest BCUT2D eigenvalue weighted by Gasteiger charge is -2.25. The standard InChI is InChI=1S/C21H33N7O3/c1-13(2)23-21(31)24-15-6-16-9-27(10-17-7-22-12-26(17)3)11-18(20(30)28(16)8-15)25-19(29)14-4-5-14/h7,12-16,18H,4-6,8-11H2,1-3H3,(H,25,29)(H2,23,24,31)/t15-,16-,18-/m0/s1. The van der Waals surface area contributed by atoms with Crippen LogP contribution < -0.4 is 16.0 Å². The van der Waals surface area contributed by atoms with Crippen molar-refractivity contribution in [3.63, 3.8) is 0 Å². The van der Waals surface area contributed by atoms with Crippen LogP contribution in [0.15, 0.2) is 12.5 Å². The van der Waals surface area contributed by atoms with Gasteiger partial charge >= 0.3 is 6.03 Å². The molecule has 10 heteroatoms. The van der Waals surface area contributed by atoms with Crippen LogP contribution in [0.1, 0.15) is 38.8 Å². The zero-order chi connectivity index (χ0) is 22.1. The van der Waals surface area contributed by atoms with Gasteiger partial charge in [0.25, 0.3) is 0 Å². The summed E-state index contributed by atoms with van der Waals surface area (Å²) in [5.74, 6) is -0.0346. The number of aryl methyl sites for hydroxylation is 1. The maximum Gasteiger partial charge on any atom is 0.315 e. The number of carbonyl (C=O) groups excluding carboxylic acids is 3. The third-order valence-corrected chi connectivity index (χ3v) is 6.23. The third-order valence-electron chi connectivity index (χ3n) is 6.23. The van der Waals surface area contributed by atoms with Crippen molar-refractivity contribution in [1.82, 2.24) is 35.3 Å². The first-order valence-corrected chi connectivity index (χ1v) is 11.2. The highest BCUT2D eigenvalue weighted by Crippen LogP contribution is 2.30. The van der Waals surface area contributed by atoms with Crippen molar-refractivity contribution < 1.29 is 14.4 Å². The zero-order valence-corrected chi connectivity index (χ0v) is 18.5. The predicted molar refractivity (Wildman–Crippen MR) is 114 cm³/mol. The van der Waals surface area contributed by atoms with Gasteiger partial charge in [-0.15, -0.1) is 0 Å². The first-order chi connectivity index (χ1) is 14.8. The molecule has 4 rings (SSSR count). The quantitative estimate of drug-likeness (QED) is 0.578. The van der Waals surface area contributed by atoms with E-state index in [0.29, 0.717) is 32.6 Å². The minimum absolute atomic E-state index is 0.00657. The average molecular weight is 432 g/mol. The van der Waals surface area contributed by atoms with E-state index in [-0.39, 0.29) is 41.9 Å². The molecular weight excluding hydrogens is 398 g/mol. The van der Waals surface area contributed by atoms with Crippen LogP contribution in [-0.2, 0) is 23.2 Å². The number of nitrogens with zero attached hydrogens (tertiary/aromatic N) is 4. The number of amides is 4. The molecule has 10 nitrogen and oxygen atoms in total. The average Bonchev–Trinajstić information content (AvgIpc) is 3.39. The Bertz CT molecular complexity index is 835. The minimum atomic E-state index is -0.574. The number of urea groups is 1. The van der Waals surface area contributed by atoms with Gasteiger partial charge < -0.3 is 25.4 Å². The van der Waals surface area contributed by atoms with Gasteiger partial charge in [0.1, 0.15) is 6.04 Å². The summed E-state index contributed by atoms with van der Waals surface area (Å²) in [4.78, 5) is 46.2. The Morgan fingerprint density at radius 2 is 1.97 bits per heavy atom. The second-order valence-electron chi connectivity index (χ2n) is 9.37. The summed E-state index contributed by atoms with van der Waals surface area (Å²) in [5.41, 5.74) is 1.05. The van der Waals surface area contributed by atoms with Crippen molar-refractivity contribution in [1.29, 1.82) is 0 Å². The Hall–Kier alpha value is -2.62. The second-order valence-corrected chi connectivity index (χ2v) is 9.37. The second kappa shape index (κ2) is 8.86. The Morgan fingerprint density at radius 3 is 2.61 bits per heavy atom. The number of nitrogens with one attached hydrogen (secondary N) is 3. The molecule has 31 heavy (non-hydrogen) atoms. The molecule has 3 aliphatic rings. The van der Waals surface area contributed by atoms with Crippen LogP contribution in [0.5, 0.6) is 0 Å². The molecule has 170 valence electrons. The van der Waals surface area contributed by atoms with Gasteiger partial charge in [-0.2, -0.15) is 0 Å². The monoisotopic (exact) mass is 431 g/mol. The molecule has 3 fully saturated rings. The zero-order valence-electron chi connectivity index (χ0n) is 18.5. The molecule has 3 N–H and O–H groups in total. The fraction of sp³-hybridized carbons (Fsp3) is 0.714. The molecular formula is C21H33N7O3. The molecule has 2 saturated heterocycles. The van der Waals surface area contributed by atoms with E-state index in [1.807, 2.05) is 36.6 Å². The molecule has 0 bridgehead atoms. The Kier molecular flexibility index (Phi) is 6.17. The van der Waals surface area contributed by atoms with Crippen molar-refractivity contribution >= 4 is 17.8 Å². The van der Waals surface area contributed by atoms with Gasteiger partial charge in [0.05, 0.1) is 18.1 Å². The molecule has 1 aromatic heterocycles. The van der Waals surface area contributed by atoms with Gasteiger partial charge in [-0.25, -0.2) is 9.78 Å². The molecule has 0 spiro atoms. The van der Waals surface area contributed by atoms with Crippen LogP contribution in [0.25, 0.3) is 0 Å². The first-order valence-electron chi connectivity index (χ1n) is 11.2. The largest absolute Gasteiger partial charge is 0.343 e. The number of rotatable bonds is 6. The lowest BCUT2D eigenvalue weighted by atomic mass is 10.1. The molecule has 4 amide bonds. The molecule has 2 aliphatic heterocycles. The molecule has 0 radical (unpaired) electrons. The maximum atomic E-state index is 13.4. The van der Waals surface area contributed by atoms with Gasteiger partial charge in [0.15, 0.2) is 0 Å². The number of hydrogen-bond donors (Lipinski definition) is 3. The van der Waals surface area contributed by atoms with Crippen molar-refractivity contribution in [3.05, 3.63) is 18.2 Å². The third kappa shape index (κ3) is 5.17. The van der Waals surface area contributed by atoms with Crippen molar-refractivity contribution in [2.45, 2.75) is 63.8 Å². The Balaban J connectivity index is 1.48. The van der Waals surface area contributed by atoms with Gasteiger partial charge in [0, 0.05) is 57.4 Å². The van der Waals surface area contributed by atoms with Gasteiger partial charge in [-0.05, 0) is 33.1 Å². The topological polar surface area (TPSA) is 112 Å². The van der Waals surface area contributed by atoms with Gasteiger partial charge in [-0.1, -0.05) is 0 Å². The molecule has 1 aromatic rings. The van der Waals surface area contributed by atoms with Crippen molar-refractivity contribution in [3.8, 4) is 0 Å². The smallest absolute Gasteiger partial charge is 0.315 e. The molecule has 0 aromatic carbocycles. The van der Waals surface area contributed by atoms with E-state index >= 15 is 0 Å². The Labute approximate surface area is 182 Å². The molecule has 1 aliphatic carbocycles. The summed E-state index contributed by atoms with van der Waals surface area (Å²) in [6.07, 6.45) is 6.09. The van der Waals surface area contributed by atoms with Crippen molar-refractivity contribution in [2.24, 2.45) is 13.0 Å². The van der Waals surface area contributed by atoms with E-state index in [0.717, 1.165) is 18.5 Å². The molecule has 3 atom stereocenters. The lowest BCUT2D eigenvalue weighted by molar-refractivity contribution is -0.136. The summed E-state index contributed by atoms with van der Waals surface area (Å²) in [6, 6.07) is -0.854. The SMILES string of the molecule is CC(C)NC(=O)N[C@H]1C[C@H]2CN(Cc3cncn3C)C[C@H](NC(=O)C3CC3)C(=O)N2C1. The van der Waals surface area contributed by atoms with E-state index in [1.165, 1.54) is 0 Å². The summed E-state index contributed by atoms with van der Waals surface area (Å²) < 4.78 is 1.97. The van der Waals surface area contributed by atoms with Crippen LogP contribution >= 0.6 is 0 Å². The van der Waals surface area contributed by atoms with Crippen LogP contribution in [-0.4, -0.2) is 81.0 Å². The number of aromatic nitrogens is 2. The highest BCUT2D eigenvalue weighted by atomic mass is 16.2. The van der Waals surface area contributed by atoms with Crippen LogP contribution in [0, 0.1) is 5.92 Å². The number of fused-ring (bicyclic) bond motifs is 1. The van der Waals surface area contributed by atoms with Gasteiger partial charge in [0.2, 0.25) is 11.8 Å². The minimum Gasteiger partial charge on any atom is -0.343 e. The number of imidazole rings is 1. The number of carbonyl (C=O) groups is 3. The number of hydrogen-bond acceptors (Lipinski definition) is 5. The molecule has 0 unspecified atom stereocenters. The fourth-order valence-corrected chi connectivity index (χ4v) is 4.50. The van der Waals surface area contributed by atoms with E-state index in [9.17, 15) is 14.4 Å². The molecule has 3 heterocycles. The first kappa shape index (κ1) is 21.6. The normalized spacial score (nSPS) is 26.5. The van der Waals surface area contributed by atoms with E-state index in [2.05, 4.69) is 25.8 Å². The highest BCUT2D eigenvalue weighted by Gasteiger charge is 2.44. The summed E-state index contributed by atoms with van der Waals surface area (Å²) in [7, 11) is 1.95. The van der Waals surface area contributed by atoms with E-state index < -0.39 is 6.04 Å². The van der Waals surface area contributed by atoms with Crippen LogP contribution in [0.2, 0.25) is 0 Å². The lowest BCUT2D eigenvalue weighted by Crippen LogP contribution is -2.52. The van der Waals surface area contributed by atoms with Crippen molar-refractivity contribution in [2.75, 3.05) is 19.6 Å². The van der Waals surface area contributed by atoms with Crippen LogP contribution in [0.4, 0.5) is 4.79 Å². The predicted octanol–water partition coefficient (Wildman–Crippen LogP) is -0.192. The summed E-state index contributed by atoms with van der Waals surface area (Å²) >= 11 is 0. The molecule has 1 saturated carbocycles. The fourth-order valence-electron chi connectivity index (χ4n) is 4.50. The highest BCUT2D eigenvalue weighted by molar-refractivity contribution is 5.90. The van der Waals surface area contributed by atoms with Crippen LogP contribution in [0.3, 0.4) is 0 Å². The summed E-state index contributed by atoms with van der Waals surface area (Å²) in [6.45, 7) is 6.10. The Morgan fingerprint density at radius 1 is 1.19 bits per heavy atom. The maximum absolute atomic E-state index is 13.4. The van der Waals surface area contributed by atoms with E-state index in [1.54, 1.807) is 6.33 Å².